The number of carbonyl (C=O) groups excluding carboxylic acids is 1. The molecule has 1 fully saturated rings. The lowest BCUT2D eigenvalue weighted by Crippen LogP contribution is -2.48. The van der Waals surface area contributed by atoms with Gasteiger partial charge in [-0.2, -0.15) is 0 Å². The number of carbonyl (C=O) groups is 1. The van der Waals surface area contributed by atoms with Crippen LogP contribution in [0.3, 0.4) is 0 Å². The van der Waals surface area contributed by atoms with Crippen LogP contribution in [-0.4, -0.2) is 55.5 Å². The van der Waals surface area contributed by atoms with Gasteiger partial charge in [0.2, 0.25) is 5.91 Å². The molecule has 1 aromatic heterocycles. The fraction of sp³-hybridized carbons (Fsp3) is 0.421. The Balaban J connectivity index is 1.58. The first-order valence-corrected chi connectivity index (χ1v) is 9.47. The second-order valence-electron chi connectivity index (χ2n) is 6.48. The molecule has 2 aromatic rings. The zero-order valence-electron chi connectivity index (χ0n) is 14.5. The highest BCUT2D eigenvalue weighted by Gasteiger charge is 2.25. The lowest BCUT2D eigenvalue weighted by atomic mass is 10.1. The number of nitrogens with one attached hydrogen (secondary N) is 1. The molecule has 0 spiro atoms. The van der Waals surface area contributed by atoms with Gasteiger partial charge >= 0.3 is 0 Å². The summed E-state index contributed by atoms with van der Waals surface area (Å²) in [6, 6.07) is 10.5. The third-order valence-electron chi connectivity index (χ3n) is 4.62. The molecule has 1 aliphatic heterocycles. The van der Waals surface area contributed by atoms with Crippen LogP contribution >= 0.6 is 11.3 Å². The van der Waals surface area contributed by atoms with Crippen molar-refractivity contribution >= 4 is 17.2 Å². The molecule has 134 valence electrons. The minimum absolute atomic E-state index is 0.0257. The fourth-order valence-corrected chi connectivity index (χ4v) is 3.95. The maximum Gasteiger partial charge on any atom is 0.224 e. The number of likely N-dealkylation sites (N-methyl/N-ethyl adjacent to an activating group) is 1. The van der Waals surface area contributed by atoms with Gasteiger partial charge in [0, 0.05) is 37.6 Å². The summed E-state index contributed by atoms with van der Waals surface area (Å²) in [6.07, 6.45) is 0.278. The van der Waals surface area contributed by atoms with Gasteiger partial charge in [0.15, 0.2) is 0 Å². The van der Waals surface area contributed by atoms with E-state index in [0.717, 1.165) is 31.7 Å². The van der Waals surface area contributed by atoms with Crippen molar-refractivity contribution in [1.82, 2.24) is 15.1 Å². The standard InChI is InChI=1S/C19H24FN3OS/c1-22-8-10-23(11-9-22)17(18-3-2-12-25-18)14-21-19(24)13-15-4-6-16(20)7-5-15/h2-7,12,17H,8-11,13-14H2,1H3,(H,21,24). The van der Waals surface area contributed by atoms with Crippen LogP contribution in [0.2, 0.25) is 0 Å². The highest BCUT2D eigenvalue weighted by Crippen LogP contribution is 2.25. The summed E-state index contributed by atoms with van der Waals surface area (Å²) < 4.78 is 13.0. The highest BCUT2D eigenvalue weighted by molar-refractivity contribution is 7.10. The van der Waals surface area contributed by atoms with E-state index in [0.29, 0.717) is 6.54 Å². The topological polar surface area (TPSA) is 35.6 Å². The summed E-state index contributed by atoms with van der Waals surface area (Å²) in [4.78, 5) is 18.3. The van der Waals surface area contributed by atoms with E-state index in [1.54, 1.807) is 23.5 Å². The number of rotatable bonds is 6. The second-order valence-corrected chi connectivity index (χ2v) is 7.46. The van der Waals surface area contributed by atoms with Crippen molar-refractivity contribution in [1.29, 1.82) is 0 Å². The Kier molecular flexibility index (Phi) is 6.18. The first-order chi connectivity index (χ1) is 12.1. The highest BCUT2D eigenvalue weighted by atomic mass is 32.1. The average Bonchev–Trinajstić information content (AvgIpc) is 3.13. The first-order valence-electron chi connectivity index (χ1n) is 8.59. The monoisotopic (exact) mass is 361 g/mol. The van der Waals surface area contributed by atoms with Crippen molar-refractivity contribution in [2.75, 3.05) is 39.8 Å². The number of hydrogen-bond donors (Lipinski definition) is 1. The summed E-state index contributed by atoms with van der Waals surface area (Å²) in [6.45, 7) is 4.71. The lowest BCUT2D eigenvalue weighted by Gasteiger charge is -2.37. The maximum atomic E-state index is 13.0. The van der Waals surface area contributed by atoms with Gasteiger partial charge in [-0.1, -0.05) is 18.2 Å². The molecule has 1 atom stereocenters. The van der Waals surface area contributed by atoms with Crippen LogP contribution in [0.4, 0.5) is 4.39 Å². The third kappa shape index (κ3) is 5.11. The molecule has 0 bridgehead atoms. The van der Waals surface area contributed by atoms with Crippen molar-refractivity contribution in [3.8, 4) is 0 Å². The molecule has 1 aliphatic rings. The number of piperazine rings is 1. The molecule has 0 saturated carbocycles. The van der Waals surface area contributed by atoms with Crippen molar-refractivity contribution in [2.24, 2.45) is 0 Å². The van der Waals surface area contributed by atoms with Gasteiger partial charge in [0.1, 0.15) is 5.82 Å². The minimum Gasteiger partial charge on any atom is -0.354 e. The fourth-order valence-electron chi connectivity index (χ4n) is 3.08. The quantitative estimate of drug-likeness (QED) is 0.859. The molecule has 6 heteroatoms. The first kappa shape index (κ1) is 18.0. The van der Waals surface area contributed by atoms with E-state index in [-0.39, 0.29) is 24.2 Å². The minimum atomic E-state index is -0.281. The van der Waals surface area contributed by atoms with Crippen molar-refractivity contribution < 1.29 is 9.18 Å². The second kappa shape index (κ2) is 8.56. The van der Waals surface area contributed by atoms with Gasteiger partial charge in [-0.3, -0.25) is 9.69 Å². The SMILES string of the molecule is CN1CCN(C(CNC(=O)Cc2ccc(F)cc2)c2cccs2)CC1. The predicted molar refractivity (Wildman–Crippen MR) is 99.2 cm³/mol. The molecule has 1 amide bonds. The Labute approximate surface area is 152 Å². The molecule has 2 heterocycles. The molecule has 1 unspecified atom stereocenters. The van der Waals surface area contributed by atoms with Crippen molar-refractivity contribution in [3.05, 3.63) is 58.0 Å². The van der Waals surface area contributed by atoms with E-state index in [1.165, 1.54) is 17.0 Å². The summed E-state index contributed by atoms with van der Waals surface area (Å²) >= 11 is 1.73. The normalized spacial score (nSPS) is 17.4. The molecule has 1 N–H and O–H groups in total. The smallest absolute Gasteiger partial charge is 0.224 e. The van der Waals surface area contributed by atoms with E-state index < -0.39 is 0 Å². The molecule has 4 nitrogen and oxygen atoms in total. The zero-order valence-corrected chi connectivity index (χ0v) is 15.3. The summed E-state index contributed by atoms with van der Waals surface area (Å²) in [5.74, 6) is -0.306. The number of hydrogen-bond acceptors (Lipinski definition) is 4. The van der Waals surface area contributed by atoms with Crippen LogP contribution in [0.25, 0.3) is 0 Å². The van der Waals surface area contributed by atoms with E-state index in [2.05, 4.69) is 39.7 Å². The molecular formula is C19H24FN3OS. The largest absolute Gasteiger partial charge is 0.354 e. The Morgan fingerprint density at radius 2 is 1.92 bits per heavy atom. The van der Waals surface area contributed by atoms with Gasteiger partial charge in [-0.05, 0) is 36.2 Å². The summed E-state index contributed by atoms with van der Waals surface area (Å²) in [7, 11) is 2.14. The van der Waals surface area contributed by atoms with Crippen LogP contribution in [0.1, 0.15) is 16.5 Å². The van der Waals surface area contributed by atoms with E-state index >= 15 is 0 Å². The zero-order chi connectivity index (χ0) is 17.6. The number of amides is 1. The van der Waals surface area contributed by atoms with Gasteiger partial charge in [0.25, 0.3) is 0 Å². The number of thiophene rings is 1. The molecule has 25 heavy (non-hydrogen) atoms. The average molecular weight is 361 g/mol. The van der Waals surface area contributed by atoms with Gasteiger partial charge in [-0.25, -0.2) is 4.39 Å². The Morgan fingerprint density at radius 1 is 1.20 bits per heavy atom. The van der Waals surface area contributed by atoms with Gasteiger partial charge in [0.05, 0.1) is 12.5 Å². The molecular weight excluding hydrogens is 337 g/mol. The Morgan fingerprint density at radius 3 is 2.56 bits per heavy atom. The van der Waals surface area contributed by atoms with E-state index in [1.807, 2.05) is 0 Å². The predicted octanol–water partition coefficient (Wildman–Crippen LogP) is 2.53. The maximum absolute atomic E-state index is 13.0. The van der Waals surface area contributed by atoms with Crippen LogP contribution in [-0.2, 0) is 11.2 Å². The van der Waals surface area contributed by atoms with E-state index in [9.17, 15) is 9.18 Å². The Hall–Kier alpha value is -1.76. The lowest BCUT2D eigenvalue weighted by molar-refractivity contribution is -0.120. The summed E-state index contributed by atoms with van der Waals surface area (Å²) in [5.41, 5.74) is 0.825. The number of halogens is 1. The van der Waals surface area contributed by atoms with Crippen LogP contribution in [0.15, 0.2) is 41.8 Å². The molecule has 3 rings (SSSR count). The molecule has 1 saturated heterocycles. The van der Waals surface area contributed by atoms with Gasteiger partial charge in [-0.15, -0.1) is 11.3 Å². The number of nitrogens with zero attached hydrogens (tertiary/aromatic N) is 2. The van der Waals surface area contributed by atoms with Gasteiger partial charge < -0.3 is 10.2 Å². The molecule has 1 aromatic carbocycles. The third-order valence-corrected chi connectivity index (χ3v) is 5.59. The van der Waals surface area contributed by atoms with Crippen molar-refractivity contribution in [2.45, 2.75) is 12.5 Å². The van der Waals surface area contributed by atoms with Crippen LogP contribution in [0.5, 0.6) is 0 Å². The molecule has 0 aliphatic carbocycles. The number of benzene rings is 1. The summed E-state index contributed by atoms with van der Waals surface area (Å²) in [5, 5.41) is 5.14. The van der Waals surface area contributed by atoms with Crippen LogP contribution < -0.4 is 5.32 Å². The Bertz CT molecular complexity index is 666. The van der Waals surface area contributed by atoms with Crippen LogP contribution in [0, 0.1) is 5.82 Å². The van der Waals surface area contributed by atoms with E-state index in [4.69, 9.17) is 0 Å². The molecule has 0 radical (unpaired) electrons. The van der Waals surface area contributed by atoms with Crippen molar-refractivity contribution in [3.63, 3.8) is 0 Å².